The molecule has 0 aliphatic rings. The average molecular weight is 1020 g/mol. The lowest BCUT2D eigenvalue weighted by Crippen LogP contribution is -2.30. The lowest BCUT2D eigenvalue weighted by atomic mass is 10.0. The summed E-state index contributed by atoms with van der Waals surface area (Å²) in [6.45, 7) is 6.37. The highest BCUT2D eigenvalue weighted by Gasteiger charge is 2.19. The Bertz CT molecular complexity index is 1600. The minimum absolute atomic E-state index is 0.0964. The van der Waals surface area contributed by atoms with E-state index in [1.54, 1.807) is 0 Å². The molecular weight excluding hydrogens is 913 g/mol. The molecule has 0 saturated heterocycles. The number of ether oxygens (including phenoxy) is 3. The summed E-state index contributed by atoms with van der Waals surface area (Å²) in [7, 11) is 0. The molecule has 6 nitrogen and oxygen atoms in total. The van der Waals surface area contributed by atoms with Gasteiger partial charge in [0, 0.05) is 19.3 Å². The van der Waals surface area contributed by atoms with Crippen LogP contribution in [0.1, 0.15) is 258 Å². The van der Waals surface area contributed by atoms with Gasteiger partial charge in [-0.2, -0.15) is 0 Å². The molecule has 0 rings (SSSR count). The Kier molecular flexibility index (Phi) is 57.4. The van der Waals surface area contributed by atoms with Gasteiger partial charge in [0.2, 0.25) is 0 Å². The van der Waals surface area contributed by atoms with E-state index in [1.165, 1.54) is 57.8 Å². The molecule has 0 fully saturated rings. The minimum Gasteiger partial charge on any atom is -0.462 e. The van der Waals surface area contributed by atoms with E-state index in [2.05, 4.69) is 154 Å². The lowest BCUT2D eigenvalue weighted by Gasteiger charge is -2.18. The number of hydrogen-bond donors (Lipinski definition) is 0. The van der Waals surface area contributed by atoms with Crippen LogP contribution in [0.25, 0.3) is 0 Å². The molecule has 0 aliphatic heterocycles. The first kappa shape index (κ1) is 69.5. The van der Waals surface area contributed by atoms with Gasteiger partial charge in [0.1, 0.15) is 13.2 Å². The fourth-order valence-electron chi connectivity index (χ4n) is 7.94. The number of carbonyl (C=O) groups is 3. The topological polar surface area (TPSA) is 78.9 Å². The molecule has 0 spiro atoms. The molecule has 1 unspecified atom stereocenters. The third-order valence-electron chi connectivity index (χ3n) is 12.4. The summed E-state index contributed by atoms with van der Waals surface area (Å²) in [5, 5.41) is 0. The van der Waals surface area contributed by atoms with Gasteiger partial charge in [-0.3, -0.25) is 14.4 Å². The second kappa shape index (κ2) is 61.1. The van der Waals surface area contributed by atoms with Crippen LogP contribution in [-0.2, 0) is 28.6 Å². The first-order chi connectivity index (χ1) is 36.5. The molecule has 0 aliphatic carbocycles. The summed E-state index contributed by atoms with van der Waals surface area (Å²) in [5.74, 6) is -0.942. The highest BCUT2D eigenvalue weighted by atomic mass is 16.6. The molecule has 0 bridgehead atoms. The van der Waals surface area contributed by atoms with Crippen molar-refractivity contribution in [2.45, 2.75) is 264 Å². The minimum atomic E-state index is -0.803. The van der Waals surface area contributed by atoms with Crippen molar-refractivity contribution >= 4 is 17.9 Å². The van der Waals surface area contributed by atoms with Crippen LogP contribution in [0.15, 0.2) is 134 Å². The highest BCUT2D eigenvalue weighted by molar-refractivity contribution is 5.71. The standard InChI is InChI=1S/C68H110O6/c1-4-7-10-13-16-19-22-25-27-29-30-31-32-33-34-35-36-37-38-40-41-43-46-49-52-55-58-61-67(70)73-64-65(63-72-66(69)60-57-54-51-48-45-24-21-18-15-12-9-6-3)74-68(71)62-59-56-53-50-47-44-42-39-28-26-23-20-17-14-11-8-5-2/h7-8,10-11,16-17,19-20,25-28,30-31,33-34,36-37,40-42,44,65H,4-6,9,12-15,18,21-24,29,32,35,38-39,43,45-64H2,1-3H3/b10-7-,11-8-,19-16-,20-17-,27-25-,28-26-,31-30-,34-33-,37-36-,41-40-,44-42-. The Balaban J connectivity index is 4.41. The maximum Gasteiger partial charge on any atom is 0.306 e. The molecule has 0 amide bonds. The number of rotatable bonds is 53. The number of unbranched alkanes of at least 4 members (excludes halogenated alkanes) is 20. The van der Waals surface area contributed by atoms with Crippen molar-refractivity contribution in [3.05, 3.63) is 134 Å². The van der Waals surface area contributed by atoms with Gasteiger partial charge in [-0.05, 0) is 116 Å². The van der Waals surface area contributed by atoms with Crippen molar-refractivity contribution in [1.29, 1.82) is 0 Å². The van der Waals surface area contributed by atoms with Crippen molar-refractivity contribution in [1.82, 2.24) is 0 Å². The molecule has 1 atom stereocenters. The van der Waals surface area contributed by atoms with E-state index in [4.69, 9.17) is 14.2 Å². The SMILES string of the molecule is CC/C=C\C/C=C\C/C=C\C/C=C\C/C=C\C/C=C\C/C=C\CCCCCCCC(=O)OCC(COC(=O)CCCCCCCCCCCCCC)OC(=O)CCCCCC/C=C\C/C=C\C/C=C\C/C=C\CC. The summed E-state index contributed by atoms with van der Waals surface area (Å²) >= 11 is 0. The van der Waals surface area contributed by atoms with Crippen LogP contribution in [0.3, 0.4) is 0 Å². The number of carbonyl (C=O) groups excluding carboxylic acids is 3. The maximum absolute atomic E-state index is 12.9. The largest absolute Gasteiger partial charge is 0.462 e. The van der Waals surface area contributed by atoms with Crippen LogP contribution in [0.5, 0.6) is 0 Å². The summed E-state index contributed by atoms with van der Waals surface area (Å²) in [6, 6.07) is 0. The smallest absolute Gasteiger partial charge is 0.306 e. The van der Waals surface area contributed by atoms with Crippen LogP contribution in [0, 0.1) is 0 Å². The molecule has 0 N–H and O–H groups in total. The first-order valence-corrected chi connectivity index (χ1v) is 30.2. The summed E-state index contributed by atoms with van der Waals surface area (Å²) in [5.41, 5.74) is 0. The Morgan fingerprint density at radius 2 is 0.527 bits per heavy atom. The van der Waals surface area contributed by atoms with E-state index < -0.39 is 6.10 Å². The van der Waals surface area contributed by atoms with Crippen LogP contribution in [0.2, 0.25) is 0 Å². The first-order valence-electron chi connectivity index (χ1n) is 30.2. The predicted octanol–water partition coefficient (Wildman–Crippen LogP) is 20.6. The van der Waals surface area contributed by atoms with E-state index in [9.17, 15) is 14.4 Å². The molecule has 0 radical (unpaired) electrons. The van der Waals surface area contributed by atoms with Crippen molar-refractivity contribution in [3.8, 4) is 0 Å². The molecule has 0 aromatic rings. The second-order valence-corrected chi connectivity index (χ2v) is 19.5. The molecule has 0 aromatic carbocycles. The van der Waals surface area contributed by atoms with Crippen molar-refractivity contribution < 1.29 is 28.6 Å². The second-order valence-electron chi connectivity index (χ2n) is 19.5. The fourth-order valence-corrected chi connectivity index (χ4v) is 7.94. The van der Waals surface area contributed by atoms with Crippen molar-refractivity contribution in [2.75, 3.05) is 13.2 Å². The average Bonchev–Trinajstić information content (AvgIpc) is 3.40. The van der Waals surface area contributed by atoms with Crippen LogP contribution < -0.4 is 0 Å². The zero-order chi connectivity index (χ0) is 53.6. The molecule has 6 heteroatoms. The number of esters is 3. The quantitative estimate of drug-likeness (QED) is 0.0261. The fraction of sp³-hybridized carbons (Fsp3) is 0.632. The van der Waals surface area contributed by atoms with Gasteiger partial charge < -0.3 is 14.2 Å². The third-order valence-corrected chi connectivity index (χ3v) is 12.4. The predicted molar refractivity (Wildman–Crippen MR) is 320 cm³/mol. The lowest BCUT2D eigenvalue weighted by molar-refractivity contribution is -0.167. The van der Waals surface area contributed by atoms with E-state index in [-0.39, 0.29) is 31.1 Å². The highest BCUT2D eigenvalue weighted by Crippen LogP contribution is 2.15. The Hall–Kier alpha value is -4.45. The third kappa shape index (κ3) is 58.4. The molecule has 0 saturated carbocycles. The van der Waals surface area contributed by atoms with E-state index in [0.29, 0.717) is 19.3 Å². The Morgan fingerprint density at radius 1 is 0.284 bits per heavy atom. The number of allylic oxidation sites excluding steroid dienone is 22. The summed E-state index contributed by atoms with van der Waals surface area (Å²) in [4.78, 5) is 38.2. The number of hydrogen-bond acceptors (Lipinski definition) is 6. The van der Waals surface area contributed by atoms with Crippen LogP contribution >= 0.6 is 0 Å². The van der Waals surface area contributed by atoms with Crippen molar-refractivity contribution in [2.24, 2.45) is 0 Å². The summed E-state index contributed by atoms with van der Waals surface area (Å²) in [6.07, 6.45) is 85.9. The van der Waals surface area contributed by atoms with Gasteiger partial charge in [-0.15, -0.1) is 0 Å². The van der Waals surface area contributed by atoms with Crippen molar-refractivity contribution in [3.63, 3.8) is 0 Å². The Morgan fingerprint density at radius 3 is 0.824 bits per heavy atom. The van der Waals surface area contributed by atoms with Gasteiger partial charge in [-0.25, -0.2) is 0 Å². The zero-order valence-corrected chi connectivity index (χ0v) is 47.8. The van der Waals surface area contributed by atoms with E-state index in [0.717, 1.165) is 161 Å². The summed E-state index contributed by atoms with van der Waals surface area (Å²) < 4.78 is 16.8. The van der Waals surface area contributed by atoms with Gasteiger partial charge in [0.05, 0.1) is 0 Å². The van der Waals surface area contributed by atoms with E-state index >= 15 is 0 Å². The molecular formula is C68H110O6. The van der Waals surface area contributed by atoms with Crippen LogP contribution in [0.4, 0.5) is 0 Å². The normalized spacial score (nSPS) is 13.1. The Labute approximate surface area is 455 Å². The monoisotopic (exact) mass is 1020 g/mol. The molecule has 0 aromatic heterocycles. The molecule has 0 heterocycles. The van der Waals surface area contributed by atoms with Crippen LogP contribution in [-0.4, -0.2) is 37.2 Å². The molecule has 418 valence electrons. The van der Waals surface area contributed by atoms with E-state index in [1.807, 2.05) is 0 Å². The van der Waals surface area contributed by atoms with Gasteiger partial charge >= 0.3 is 17.9 Å². The van der Waals surface area contributed by atoms with Gasteiger partial charge in [0.25, 0.3) is 0 Å². The zero-order valence-electron chi connectivity index (χ0n) is 47.8. The molecule has 74 heavy (non-hydrogen) atoms. The maximum atomic E-state index is 12.9. The van der Waals surface area contributed by atoms with Gasteiger partial charge in [-0.1, -0.05) is 257 Å². The van der Waals surface area contributed by atoms with Gasteiger partial charge in [0.15, 0.2) is 6.10 Å².